The summed E-state index contributed by atoms with van der Waals surface area (Å²) in [5, 5.41) is 2.62. The van der Waals surface area contributed by atoms with Crippen molar-refractivity contribution in [1.29, 1.82) is 0 Å². The number of hydrogen-bond acceptors (Lipinski definition) is 3. The Balaban J connectivity index is 0.983. The first kappa shape index (κ1) is 30.6. The van der Waals surface area contributed by atoms with Gasteiger partial charge in [0.1, 0.15) is 0 Å². The van der Waals surface area contributed by atoms with Gasteiger partial charge in [0.25, 0.3) is 0 Å². The fourth-order valence-corrected chi connectivity index (χ4v) is 9.15. The van der Waals surface area contributed by atoms with Crippen molar-refractivity contribution in [2.75, 3.05) is 9.80 Å². The number of rotatable bonds is 7. The van der Waals surface area contributed by atoms with Crippen LogP contribution in [0.3, 0.4) is 0 Å². The van der Waals surface area contributed by atoms with E-state index >= 15 is 0 Å². The van der Waals surface area contributed by atoms with E-state index in [9.17, 15) is 0 Å². The molecule has 2 aliphatic rings. The van der Waals surface area contributed by atoms with E-state index in [2.05, 4.69) is 192 Å². The van der Waals surface area contributed by atoms with Gasteiger partial charge in [-0.1, -0.05) is 103 Å². The number of fused-ring (bicyclic) bond motifs is 6. The minimum atomic E-state index is 0.959. The smallest absolute Gasteiger partial charge is 0.0468 e. The number of nitrogens with zero attached hydrogens (tertiary/aromatic N) is 2. The van der Waals surface area contributed by atoms with Crippen molar-refractivity contribution < 1.29 is 0 Å². The van der Waals surface area contributed by atoms with E-state index in [1.54, 1.807) is 0 Å². The molecular weight excluding hydrogens is 649 g/mol. The number of para-hydroxylation sites is 2. The average molecular weight is 685 g/mol. The van der Waals surface area contributed by atoms with E-state index in [0.29, 0.717) is 0 Å². The second kappa shape index (κ2) is 12.9. The van der Waals surface area contributed by atoms with Gasteiger partial charge in [0, 0.05) is 54.3 Å². The maximum absolute atomic E-state index is 2.45. The fraction of sp³-hybridized carbons (Fsp3) is 0.0612. The Kier molecular flexibility index (Phi) is 7.58. The van der Waals surface area contributed by atoms with E-state index in [-0.39, 0.29) is 0 Å². The van der Waals surface area contributed by atoms with Gasteiger partial charge in [-0.05, 0) is 132 Å². The number of allylic oxidation sites excluding steroid dienone is 4. The van der Waals surface area contributed by atoms with Crippen LogP contribution in [0.2, 0.25) is 0 Å². The second-order valence-corrected chi connectivity index (χ2v) is 14.8. The van der Waals surface area contributed by atoms with Crippen LogP contribution in [-0.2, 0) is 6.42 Å². The molecule has 0 saturated heterocycles. The third-order valence-corrected chi connectivity index (χ3v) is 11.8. The summed E-state index contributed by atoms with van der Waals surface area (Å²) in [6, 6.07) is 62.1. The first-order valence-corrected chi connectivity index (χ1v) is 18.9. The summed E-state index contributed by atoms with van der Waals surface area (Å²) in [6.45, 7) is 0. The third kappa shape index (κ3) is 5.42. The highest BCUT2D eigenvalue weighted by molar-refractivity contribution is 7.25. The van der Waals surface area contributed by atoms with Crippen molar-refractivity contribution in [3.63, 3.8) is 0 Å². The molecular formula is C49H36N2S. The zero-order chi connectivity index (χ0) is 34.4. The van der Waals surface area contributed by atoms with Gasteiger partial charge in [-0.15, -0.1) is 11.3 Å². The molecule has 0 radical (unpaired) electrons. The molecule has 0 bridgehead atoms. The zero-order valence-corrected chi connectivity index (χ0v) is 29.6. The van der Waals surface area contributed by atoms with Gasteiger partial charge >= 0.3 is 0 Å². The van der Waals surface area contributed by atoms with Crippen LogP contribution in [0.4, 0.5) is 28.4 Å². The fourth-order valence-electron chi connectivity index (χ4n) is 8.06. The topological polar surface area (TPSA) is 6.48 Å². The van der Waals surface area contributed by atoms with E-state index in [1.165, 1.54) is 70.6 Å². The van der Waals surface area contributed by atoms with Crippen LogP contribution < -0.4 is 9.80 Å². The summed E-state index contributed by atoms with van der Waals surface area (Å²) in [4.78, 5) is 4.82. The quantitative estimate of drug-likeness (QED) is 0.165. The van der Waals surface area contributed by atoms with Gasteiger partial charge in [-0.3, -0.25) is 0 Å². The molecule has 0 N–H and O–H groups in total. The molecule has 3 heteroatoms. The summed E-state index contributed by atoms with van der Waals surface area (Å²) in [6.07, 6.45) is 7.61. The molecule has 0 spiro atoms. The molecule has 0 unspecified atom stereocenters. The molecule has 0 saturated carbocycles. The summed E-state index contributed by atoms with van der Waals surface area (Å²) in [7, 11) is 0. The minimum absolute atomic E-state index is 0.959. The van der Waals surface area contributed by atoms with Gasteiger partial charge in [-0.2, -0.15) is 0 Å². The number of anilines is 5. The van der Waals surface area contributed by atoms with Crippen LogP contribution in [0, 0.1) is 0 Å². The predicted molar refractivity (Wildman–Crippen MR) is 223 cm³/mol. The Morgan fingerprint density at radius 1 is 0.404 bits per heavy atom. The lowest BCUT2D eigenvalue weighted by Gasteiger charge is -2.30. The average Bonchev–Trinajstić information content (AvgIpc) is 3.77. The first-order chi connectivity index (χ1) is 25.8. The van der Waals surface area contributed by atoms with Crippen LogP contribution in [0.15, 0.2) is 188 Å². The van der Waals surface area contributed by atoms with Crippen LogP contribution in [-0.4, -0.2) is 0 Å². The van der Waals surface area contributed by atoms with Gasteiger partial charge in [0.05, 0.1) is 0 Å². The number of hydrogen-bond donors (Lipinski definition) is 0. The zero-order valence-electron chi connectivity index (χ0n) is 28.7. The monoisotopic (exact) mass is 684 g/mol. The van der Waals surface area contributed by atoms with Gasteiger partial charge in [0.2, 0.25) is 0 Å². The van der Waals surface area contributed by atoms with Crippen molar-refractivity contribution >= 4 is 65.5 Å². The van der Waals surface area contributed by atoms with E-state index < -0.39 is 0 Å². The summed E-state index contributed by atoms with van der Waals surface area (Å²) < 4.78 is 2.64. The molecule has 0 aliphatic heterocycles. The molecule has 0 fully saturated rings. The van der Waals surface area contributed by atoms with Crippen molar-refractivity contribution in [2.45, 2.75) is 19.3 Å². The first-order valence-electron chi connectivity index (χ1n) is 18.1. The number of benzene rings is 7. The molecule has 8 aromatic rings. The van der Waals surface area contributed by atoms with Gasteiger partial charge < -0.3 is 9.80 Å². The van der Waals surface area contributed by atoms with Crippen molar-refractivity contribution in [3.05, 3.63) is 204 Å². The van der Waals surface area contributed by atoms with Crippen LogP contribution in [0.1, 0.15) is 29.5 Å². The molecule has 0 amide bonds. The highest BCUT2D eigenvalue weighted by atomic mass is 32.1. The van der Waals surface area contributed by atoms with Crippen molar-refractivity contribution in [3.8, 4) is 11.1 Å². The molecule has 7 aromatic carbocycles. The molecule has 1 aromatic heterocycles. The van der Waals surface area contributed by atoms with E-state index in [4.69, 9.17) is 0 Å². The molecule has 2 nitrogen and oxygen atoms in total. The maximum atomic E-state index is 2.45. The Bertz CT molecular complexity index is 2650. The highest BCUT2D eigenvalue weighted by Crippen LogP contribution is 2.44. The Morgan fingerprint density at radius 3 is 1.81 bits per heavy atom. The Morgan fingerprint density at radius 2 is 1.02 bits per heavy atom. The molecule has 0 atom stereocenters. The third-order valence-electron chi connectivity index (χ3n) is 10.6. The lowest BCUT2D eigenvalue weighted by atomic mass is 9.94. The molecule has 52 heavy (non-hydrogen) atoms. The lowest BCUT2D eigenvalue weighted by Crippen LogP contribution is -2.18. The van der Waals surface area contributed by atoms with Crippen LogP contribution in [0.25, 0.3) is 36.9 Å². The number of thiophene rings is 1. The SMILES string of the molecule is C1=C(c2ccc(N(c3ccccc3)c3ccc4sc5ccccc5c4c3)cc2)CCC(N(c2ccccc2)c2ccc3c(c2)-c2ccccc2C3)=C1. The van der Waals surface area contributed by atoms with Crippen LogP contribution >= 0.6 is 11.3 Å². The molecule has 1 heterocycles. The molecule has 248 valence electrons. The largest absolute Gasteiger partial charge is 0.314 e. The molecule has 10 rings (SSSR count). The molecule has 2 aliphatic carbocycles. The summed E-state index contributed by atoms with van der Waals surface area (Å²) in [5.41, 5.74) is 15.4. The highest BCUT2D eigenvalue weighted by Gasteiger charge is 2.23. The Labute approximate surface area is 308 Å². The van der Waals surface area contributed by atoms with Gasteiger partial charge in [-0.25, -0.2) is 0 Å². The maximum Gasteiger partial charge on any atom is 0.0468 e. The minimum Gasteiger partial charge on any atom is -0.314 e. The summed E-state index contributed by atoms with van der Waals surface area (Å²) in [5.74, 6) is 0. The predicted octanol–water partition coefficient (Wildman–Crippen LogP) is 14.0. The van der Waals surface area contributed by atoms with Crippen molar-refractivity contribution in [1.82, 2.24) is 0 Å². The Hall–Kier alpha value is -6.16. The normalized spacial score (nSPS) is 13.4. The van der Waals surface area contributed by atoms with Gasteiger partial charge in [0.15, 0.2) is 0 Å². The van der Waals surface area contributed by atoms with Crippen LogP contribution in [0.5, 0.6) is 0 Å². The van der Waals surface area contributed by atoms with E-state index in [0.717, 1.165) is 36.3 Å². The lowest BCUT2D eigenvalue weighted by molar-refractivity contribution is 0.930. The second-order valence-electron chi connectivity index (χ2n) is 13.7. The van der Waals surface area contributed by atoms with E-state index in [1.807, 2.05) is 11.3 Å². The standard InChI is InChI=1S/C49H36N2S/c1-3-12-38(13-4-1)50(42-28-23-37-31-36-11-7-8-16-44(36)46(37)32-42)40-24-19-34(20-25-40)35-21-26-41(27-22-35)51(39-14-5-2-6-15-39)43-29-30-49-47(33-43)45-17-9-10-18-48(45)52-49/h1-19,21-24,26-30,32-33H,20,25,31H2. The van der Waals surface area contributed by atoms with Crippen molar-refractivity contribution in [2.24, 2.45) is 0 Å². The summed E-state index contributed by atoms with van der Waals surface area (Å²) >= 11 is 1.86.